The van der Waals surface area contributed by atoms with Gasteiger partial charge in [-0.25, -0.2) is 4.79 Å². The van der Waals surface area contributed by atoms with Gasteiger partial charge in [-0.3, -0.25) is 0 Å². The van der Waals surface area contributed by atoms with Gasteiger partial charge in [-0.05, 0) is 45.2 Å². The Bertz CT molecular complexity index is 329. The lowest BCUT2D eigenvalue weighted by atomic mass is 10.0. The molecule has 2 aliphatic heterocycles. The second kappa shape index (κ2) is 7.99. The molecule has 0 aliphatic carbocycles. The Morgan fingerprint density at radius 3 is 2.52 bits per heavy atom. The highest BCUT2D eigenvalue weighted by atomic mass is 16.3. The van der Waals surface area contributed by atoms with Crippen LogP contribution in [0.5, 0.6) is 0 Å². The molecule has 0 unspecified atom stereocenters. The summed E-state index contributed by atoms with van der Waals surface area (Å²) in [5.74, 6) is 0.390. The summed E-state index contributed by atoms with van der Waals surface area (Å²) in [6.07, 6.45) is 6.20. The number of hydrogen-bond acceptors (Lipinski definition) is 3. The molecule has 0 aromatic heterocycles. The highest BCUT2D eigenvalue weighted by Crippen LogP contribution is 2.23. The predicted octanol–water partition coefficient (Wildman–Crippen LogP) is 1.66. The van der Waals surface area contributed by atoms with Crippen LogP contribution < -0.4 is 5.32 Å². The van der Waals surface area contributed by atoms with E-state index >= 15 is 0 Å². The second-order valence-electron chi connectivity index (χ2n) is 6.77. The quantitative estimate of drug-likeness (QED) is 0.830. The molecule has 2 heterocycles. The third-order valence-electron chi connectivity index (χ3n) is 4.93. The van der Waals surface area contributed by atoms with Crippen LogP contribution >= 0.6 is 0 Å². The van der Waals surface area contributed by atoms with Gasteiger partial charge in [0.25, 0.3) is 0 Å². The molecule has 2 rings (SSSR count). The van der Waals surface area contributed by atoms with Gasteiger partial charge in [0.2, 0.25) is 0 Å². The van der Waals surface area contributed by atoms with E-state index < -0.39 is 0 Å². The van der Waals surface area contributed by atoms with Gasteiger partial charge in [-0.2, -0.15) is 0 Å². The number of carbonyl (C=O) groups excluding carboxylic acids is 1. The van der Waals surface area contributed by atoms with E-state index in [9.17, 15) is 9.90 Å². The molecule has 0 spiro atoms. The van der Waals surface area contributed by atoms with Gasteiger partial charge in [0, 0.05) is 19.1 Å². The summed E-state index contributed by atoms with van der Waals surface area (Å²) in [7, 11) is 0. The van der Waals surface area contributed by atoms with Gasteiger partial charge in [0.05, 0.1) is 12.6 Å². The largest absolute Gasteiger partial charge is 0.394 e. The lowest BCUT2D eigenvalue weighted by Gasteiger charge is -2.29. The third-order valence-corrected chi connectivity index (χ3v) is 4.93. The van der Waals surface area contributed by atoms with Gasteiger partial charge in [-0.1, -0.05) is 19.8 Å². The summed E-state index contributed by atoms with van der Waals surface area (Å²) in [6.45, 7) is 8.24. The van der Waals surface area contributed by atoms with Crippen LogP contribution in [0.1, 0.15) is 46.0 Å². The number of carbonyl (C=O) groups is 1. The lowest BCUT2D eigenvalue weighted by molar-refractivity contribution is 0.140. The molecule has 0 aromatic rings. The maximum atomic E-state index is 12.4. The fraction of sp³-hybridized carbons (Fsp3) is 0.938. The molecule has 0 aromatic carbocycles. The summed E-state index contributed by atoms with van der Waals surface area (Å²) >= 11 is 0. The van der Waals surface area contributed by atoms with Crippen molar-refractivity contribution in [3.8, 4) is 0 Å². The first-order valence-electron chi connectivity index (χ1n) is 8.52. The SMILES string of the molecule is C[C@H](CN1CCCCCC1)NC(=O)N1CC[C@@H](C)[C@@H]1CO. The molecule has 0 bridgehead atoms. The number of amides is 2. The number of hydrogen-bond donors (Lipinski definition) is 2. The average molecular weight is 297 g/mol. The molecular formula is C16H31N3O2. The molecule has 2 N–H and O–H groups in total. The summed E-state index contributed by atoms with van der Waals surface area (Å²) < 4.78 is 0. The normalized spacial score (nSPS) is 29.2. The minimum atomic E-state index is -0.0182. The van der Waals surface area contributed by atoms with Crippen molar-refractivity contribution in [1.29, 1.82) is 0 Å². The molecule has 3 atom stereocenters. The highest BCUT2D eigenvalue weighted by Gasteiger charge is 2.34. The Labute approximate surface area is 128 Å². The van der Waals surface area contributed by atoms with E-state index in [0.717, 1.165) is 32.6 Å². The third kappa shape index (κ3) is 4.58. The van der Waals surface area contributed by atoms with Crippen molar-refractivity contribution >= 4 is 6.03 Å². The molecule has 122 valence electrons. The number of aliphatic hydroxyl groups excluding tert-OH is 1. The molecule has 2 fully saturated rings. The Hall–Kier alpha value is -0.810. The van der Waals surface area contributed by atoms with E-state index in [0.29, 0.717) is 5.92 Å². The molecule has 2 saturated heterocycles. The van der Waals surface area contributed by atoms with E-state index in [1.807, 2.05) is 4.90 Å². The van der Waals surface area contributed by atoms with E-state index in [2.05, 4.69) is 24.1 Å². The standard InChI is InChI=1S/C16H31N3O2/c1-13-7-10-19(15(13)12-20)16(21)17-14(2)11-18-8-5-3-4-6-9-18/h13-15,20H,3-12H2,1-2H3,(H,17,21)/t13-,14-,15+/m1/s1. The van der Waals surface area contributed by atoms with Crippen LogP contribution in [0.4, 0.5) is 4.79 Å². The van der Waals surface area contributed by atoms with Gasteiger partial charge >= 0.3 is 6.03 Å². The second-order valence-corrected chi connectivity index (χ2v) is 6.77. The molecular weight excluding hydrogens is 266 g/mol. The minimum absolute atomic E-state index is 0.0132. The molecule has 0 radical (unpaired) electrons. The van der Waals surface area contributed by atoms with Crippen LogP contribution in [-0.2, 0) is 0 Å². The van der Waals surface area contributed by atoms with Gasteiger partial charge in [0.1, 0.15) is 0 Å². The van der Waals surface area contributed by atoms with E-state index in [4.69, 9.17) is 0 Å². The van der Waals surface area contributed by atoms with Crippen LogP contribution in [0.3, 0.4) is 0 Å². The van der Waals surface area contributed by atoms with Crippen molar-refractivity contribution in [2.75, 3.05) is 32.8 Å². The number of rotatable bonds is 4. The first-order chi connectivity index (χ1) is 10.1. The van der Waals surface area contributed by atoms with Gasteiger partial charge in [0.15, 0.2) is 0 Å². The zero-order chi connectivity index (χ0) is 15.2. The fourth-order valence-corrected chi connectivity index (χ4v) is 3.58. The van der Waals surface area contributed by atoms with E-state index in [-0.39, 0.29) is 24.7 Å². The predicted molar refractivity (Wildman–Crippen MR) is 84.3 cm³/mol. The van der Waals surface area contributed by atoms with Crippen molar-refractivity contribution in [3.63, 3.8) is 0 Å². The Balaban J connectivity index is 1.78. The smallest absolute Gasteiger partial charge is 0.317 e. The Kier molecular flexibility index (Phi) is 6.30. The Morgan fingerprint density at radius 1 is 1.24 bits per heavy atom. The van der Waals surface area contributed by atoms with Crippen LogP contribution in [0.25, 0.3) is 0 Å². The molecule has 2 aliphatic rings. The van der Waals surface area contributed by atoms with Crippen LogP contribution in [-0.4, -0.2) is 65.8 Å². The van der Waals surface area contributed by atoms with Crippen molar-refractivity contribution in [2.24, 2.45) is 5.92 Å². The molecule has 5 heteroatoms. The maximum Gasteiger partial charge on any atom is 0.317 e. The van der Waals surface area contributed by atoms with E-state index in [1.165, 1.54) is 25.7 Å². The summed E-state index contributed by atoms with van der Waals surface area (Å²) in [6, 6.07) is 0.127. The number of likely N-dealkylation sites (tertiary alicyclic amines) is 2. The van der Waals surface area contributed by atoms with Crippen molar-refractivity contribution in [1.82, 2.24) is 15.1 Å². The monoisotopic (exact) mass is 297 g/mol. The maximum absolute atomic E-state index is 12.4. The number of nitrogens with zero attached hydrogens (tertiary/aromatic N) is 2. The number of nitrogens with one attached hydrogen (secondary N) is 1. The summed E-state index contributed by atoms with van der Waals surface area (Å²) in [4.78, 5) is 16.6. The molecule has 2 amide bonds. The lowest BCUT2D eigenvalue weighted by Crippen LogP contribution is -2.50. The van der Waals surface area contributed by atoms with Gasteiger partial charge in [-0.15, -0.1) is 0 Å². The highest BCUT2D eigenvalue weighted by molar-refractivity contribution is 5.75. The first kappa shape index (κ1) is 16.6. The number of aliphatic hydroxyl groups is 1. The summed E-state index contributed by atoms with van der Waals surface area (Å²) in [5.41, 5.74) is 0. The van der Waals surface area contributed by atoms with Crippen LogP contribution in [0, 0.1) is 5.92 Å². The topological polar surface area (TPSA) is 55.8 Å². The zero-order valence-corrected chi connectivity index (χ0v) is 13.6. The van der Waals surface area contributed by atoms with Crippen molar-refractivity contribution in [3.05, 3.63) is 0 Å². The first-order valence-corrected chi connectivity index (χ1v) is 8.52. The van der Waals surface area contributed by atoms with Crippen LogP contribution in [0.2, 0.25) is 0 Å². The van der Waals surface area contributed by atoms with E-state index in [1.54, 1.807) is 0 Å². The van der Waals surface area contributed by atoms with Crippen molar-refractivity contribution < 1.29 is 9.90 Å². The molecule has 5 nitrogen and oxygen atoms in total. The number of urea groups is 1. The molecule has 0 saturated carbocycles. The van der Waals surface area contributed by atoms with Crippen LogP contribution in [0.15, 0.2) is 0 Å². The Morgan fingerprint density at radius 2 is 1.90 bits per heavy atom. The summed E-state index contributed by atoms with van der Waals surface area (Å²) in [5, 5.41) is 12.6. The van der Waals surface area contributed by atoms with Gasteiger partial charge < -0.3 is 20.2 Å². The molecule has 21 heavy (non-hydrogen) atoms. The average Bonchev–Trinajstić information content (AvgIpc) is 2.65. The minimum Gasteiger partial charge on any atom is -0.394 e. The fourth-order valence-electron chi connectivity index (χ4n) is 3.58. The van der Waals surface area contributed by atoms with Crippen molar-refractivity contribution in [2.45, 2.75) is 58.0 Å². The zero-order valence-electron chi connectivity index (χ0n) is 13.6.